The van der Waals surface area contributed by atoms with E-state index in [4.69, 9.17) is 17.3 Å². The molecule has 0 fully saturated rings. The van der Waals surface area contributed by atoms with E-state index in [9.17, 15) is 0 Å². The number of aromatic nitrogens is 3. The fourth-order valence-corrected chi connectivity index (χ4v) is 0.922. The van der Waals surface area contributed by atoms with Crippen LogP contribution in [0, 0.1) is 0 Å². The second-order valence-corrected chi connectivity index (χ2v) is 3.18. The predicted molar refractivity (Wildman–Crippen MR) is 52.7 cm³/mol. The number of hydrogen-bond donors (Lipinski definition) is 2. The van der Waals surface area contributed by atoms with E-state index < -0.39 is 0 Å². The summed E-state index contributed by atoms with van der Waals surface area (Å²) in [6.45, 7) is 4.47. The summed E-state index contributed by atoms with van der Waals surface area (Å²) in [5.74, 6) is 1.15. The molecule has 3 N–H and O–H groups in total. The molecule has 0 bridgehead atoms. The number of halogens is 1. The largest absolute Gasteiger partial charge is 0.368 e. The van der Waals surface area contributed by atoms with Gasteiger partial charge in [0.1, 0.15) is 0 Å². The molecule has 1 unspecified atom stereocenters. The zero-order valence-corrected chi connectivity index (χ0v) is 8.34. The van der Waals surface area contributed by atoms with Crippen LogP contribution in [0.2, 0.25) is 0 Å². The molecule has 0 aromatic carbocycles. The minimum Gasteiger partial charge on any atom is -0.368 e. The Kier molecular flexibility index (Phi) is 3.25. The first-order valence-electron chi connectivity index (χ1n) is 4.03. The maximum Gasteiger partial charge on any atom is 0.227 e. The number of alkyl halides is 1. The molecule has 0 aliphatic heterocycles. The molecule has 1 aromatic heterocycles. The molecule has 0 spiro atoms. The third-order valence-electron chi connectivity index (χ3n) is 1.36. The fourth-order valence-electron chi connectivity index (χ4n) is 0.824. The van der Waals surface area contributed by atoms with Crippen LogP contribution < -0.4 is 11.1 Å². The van der Waals surface area contributed by atoms with E-state index in [0.29, 0.717) is 11.8 Å². The van der Waals surface area contributed by atoms with Gasteiger partial charge >= 0.3 is 0 Å². The van der Waals surface area contributed by atoms with Gasteiger partial charge in [0.05, 0.1) is 5.38 Å². The van der Waals surface area contributed by atoms with E-state index in [1.54, 1.807) is 6.92 Å². The number of nitrogens with one attached hydrogen (secondary N) is 1. The molecule has 0 radical (unpaired) electrons. The lowest BCUT2D eigenvalue weighted by Gasteiger charge is -2.05. The van der Waals surface area contributed by atoms with E-state index in [-0.39, 0.29) is 11.3 Å². The number of anilines is 2. The van der Waals surface area contributed by atoms with Crippen molar-refractivity contribution in [3.63, 3.8) is 0 Å². The number of hydrogen-bond acceptors (Lipinski definition) is 5. The highest BCUT2D eigenvalue weighted by Gasteiger charge is 2.08. The van der Waals surface area contributed by atoms with E-state index in [0.717, 1.165) is 6.54 Å². The molecule has 0 aliphatic carbocycles. The summed E-state index contributed by atoms with van der Waals surface area (Å²) in [6, 6.07) is 0. The maximum atomic E-state index is 5.81. The highest BCUT2D eigenvalue weighted by atomic mass is 35.5. The van der Waals surface area contributed by atoms with Crippen molar-refractivity contribution in [3.05, 3.63) is 5.82 Å². The first-order valence-corrected chi connectivity index (χ1v) is 4.46. The highest BCUT2D eigenvalue weighted by Crippen LogP contribution is 2.16. The monoisotopic (exact) mass is 201 g/mol. The second kappa shape index (κ2) is 4.23. The van der Waals surface area contributed by atoms with Crippen LogP contribution in [0.3, 0.4) is 0 Å². The van der Waals surface area contributed by atoms with Crippen LogP contribution in [-0.2, 0) is 0 Å². The summed E-state index contributed by atoms with van der Waals surface area (Å²) >= 11 is 5.81. The van der Waals surface area contributed by atoms with Crippen molar-refractivity contribution in [2.24, 2.45) is 0 Å². The Morgan fingerprint density at radius 3 is 2.69 bits per heavy atom. The smallest absolute Gasteiger partial charge is 0.227 e. The highest BCUT2D eigenvalue weighted by molar-refractivity contribution is 6.20. The molecule has 1 aromatic rings. The summed E-state index contributed by atoms with van der Waals surface area (Å²) in [5, 5.41) is 2.68. The van der Waals surface area contributed by atoms with Crippen molar-refractivity contribution in [1.82, 2.24) is 15.0 Å². The van der Waals surface area contributed by atoms with Crippen LogP contribution in [0.1, 0.15) is 25.0 Å². The van der Waals surface area contributed by atoms with Crippen LogP contribution in [0.5, 0.6) is 0 Å². The van der Waals surface area contributed by atoms with Gasteiger partial charge in [-0.1, -0.05) is 0 Å². The van der Waals surface area contributed by atoms with E-state index >= 15 is 0 Å². The van der Waals surface area contributed by atoms with Gasteiger partial charge in [-0.3, -0.25) is 0 Å². The molecule has 0 amide bonds. The molecule has 13 heavy (non-hydrogen) atoms. The summed E-state index contributed by atoms with van der Waals surface area (Å²) in [6.07, 6.45) is 0. The number of rotatable bonds is 3. The van der Waals surface area contributed by atoms with Gasteiger partial charge in [0.2, 0.25) is 11.9 Å². The topological polar surface area (TPSA) is 76.7 Å². The van der Waals surface area contributed by atoms with Crippen molar-refractivity contribution in [1.29, 1.82) is 0 Å². The Balaban J connectivity index is 2.96. The Bertz CT molecular complexity index is 288. The molecule has 1 atom stereocenters. The minimum atomic E-state index is -0.261. The maximum absolute atomic E-state index is 5.81. The Hall–Kier alpha value is -1.10. The van der Waals surface area contributed by atoms with Gasteiger partial charge in [0.15, 0.2) is 5.82 Å². The van der Waals surface area contributed by atoms with Crippen molar-refractivity contribution in [2.45, 2.75) is 19.2 Å². The van der Waals surface area contributed by atoms with Crippen LogP contribution in [-0.4, -0.2) is 21.5 Å². The Labute approximate surface area is 81.7 Å². The second-order valence-electron chi connectivity index (χ2n) is 2.52. The normalized spacial score (nSPS) is 12.5. The average Bonchev–Trinajstić information content (AvgIpc) is 2.03. The van der Waals surface area contributed by atoms with E-state index in [1.165, 1.54) is 0 Å². The van der Waals surface area contributed by atoms with Gasteiger partial charge in [-0.25, -0.2) is 0 Å². The number of nitrogens with zero attached hydrogens (tertiary/aromatic N) is 3. The Morgan fingerprint density at radius 2 is 2.15 bits per heavy atom. The van der Waals surface area contributed by atoms with E-state index in [2.05, 4.69) is 20.3 Å². The van der Waals surface area contributed by atoms with Gasteiger partial charge in [-0.2, -0.15) is 15.0 Å². The molecule has 72 valence electrons. The average molecular weight is 202 g/mol. The summed E-state index contributed by atoms with van der Waals surface area (Å²) < 4.78 is 0. The molecular weight excluding hydrogens is 190 g/mol. The lowest BCUT2D eigenvalue weighted by atomic mass is 10.4. The van der Waals surface area contributed by atoms with Crippen LogP contribution in [0.4, 0.5) is 11.9 Å². The molecule has 5 nitrogen and oxygen atoms in total. The lowest BCUT2D eigenvalue weighted by molar-refractivity contribution is 0.881. The van der Waals surface area contributed by atoms with Crippen LogP contribution in [0.25, 0.3) is 0 Å². The fraction of sp³-hybridized carbons (Fsp3) is 0.571. The lowest BCUT2D eigenvalue weighted by Crippen LogP contribution is -2.09. The van der Waals surface area contributed by atoms with Crippen LogP contribution >= 0.6 is 11.6 Å². The molecule has 6 heteroatoms. The van der Waals surface area contributed by atoms with Crippen molar-refractivity contribution in [3.8, 4) is 0 Å². The quantitative estimate of drug-likeness (QED) is 0.719. The van der Waals surface area contributed by atoms with Gasteiger partial charge in [0.25, 0.3) is 0 Å². The Morgan fingerprint density at radius 1 is 1.46 bits per heavy atom. The summed E-state index contributed by atoms with van der Waals surface area (Å²) in [4.78, 5) is 11.9. The minimum absolute atomic E-state index is 0.188. The van der Waals surface area contributed by atoms with Crippen molar-refractivity contribution < 1.29 is 0 Å². The molecule has 0 saturated carbocycles. The molecule has 0 saturated heterocycles. The SMILES string of the molecule is CCNc1nc(N)nc(C(C)Cl)n1. The van der Waals surface area contributed by atoms with Gasteiger partial charge in [-0.15, -0.1) is 11.6 Å². The van der Waals surface area contributed by atoms with Crippen molar-refractivity contribution in [2.75, 3.05) is 17.6 Å². The van der Waals surface area contributed by atoms with E-state index in [1.807, 2.05) is 6.92 Å². The summed E-state index contributed by atoms with van der Waals surface area (Å²) in [7, 11) is 0. The van der Waals surface area contributed by atoms with Gasteiger partial charge < -0.3 is 11.1 Å². The number of nitrogens with two attached hydrogens (primary N) is 1. The van der Waals surface area contributed by atoms with Crippen molar-refractivity contribution >= 4 is 23.5 Å². The third kappa shape index (κ3) is 2.69. The third-order valence-corrected chi connectivity index (χ3v) is 1.56. The standard InChI is InChI=1S/C7H12ClN5/c1-3-10-7-12-5(4(2)8)11-6(9)13-7/h4H,3H2,1-2H3,(H3,9,10,11,12,13). The number of nitrogen functional groups attached to an aromatic ring is 1. The molecule has 1 rings (SSSR count). The first-order chi connectivity index (χ1) is 6.13. The first kappa shape index (κ1) is 9.98. The van der Waals surface area contributed by atoms with Crippen LogP contribution in [0.15, 0.2) is 0 Å². The van der Waals surface area contributed by atoms with Gasteiger partial charge in [-0.05, 0) is 13.8 Å². The summed E-state index contributed by atoms with van der Waals surface area (Å²) in [5.41, 5.74) is 5.47. The zero-order chi connectivity index (χ0) is 9.84. The van der Waals surface area contributed by atoms with Gasteiger partial charge in [0, 0.05) is 6.54 Å². The predicted octanol–water partition coefficient (Wildman–Crippen LogP) is 1.19. The zero-order valence-electron chi connectivity index (χ0n) is 7.58. The molecule has 0 aliphatic rings. The molecular formula is C7H12ClN5. The molecule has 1 heterocycles.